The van der Waals surface area contributed by atoms with Gasteiger partial charge in [0.2, 0.25) is 5.95 Å². The lowest BCUT2D eigenvalue weighted by Gasteiger charge is -2.65. The fourth-order valence-corrected chi connectivity index (χ4v) is 3.47. The molecule has 2 rings (SSSR count). The smallest absolute Gasteiger partial charge is 0.253 e. The number of nitrogens with two attached hydrogens (primary N) is 1. The lowest BCUT2D eigenvalue weighted by atomic mass is 9.22. The summed E-state index contributed by atoms with van der Waals surface area (Å²) in [7, 11) is 43.3. The zero-order valence-corrected chi connectivity index (χ0v) is 17.6. The van der Waals surface area contributed by atoms with E-state index in [0.29, 0.717) is 0 Å². The number of carbonyl (C=O) groups excluding carboxylic acids is 1. The first-order valence-corrected chi connectivity index (χ1v) is 9.24. The van der Waals surface area contributed by atoms with Gasteiger partial charge in [-0.1, -0.05) is 23.8 Å². The van der Waals surface area contributed by atoms with Crippen LogP contribution in [-0.2, 0) is 0 Å². The van der Waals surface area contributed by atoms with Gasteiger partial charge in [-0.05, 0) is 31.5 Å². The number of rotatable bonds is 4. The number of primary amides is 1. The topological polar surface area (TPSA) is 113 Å². The van der Waals surface area contributed by atoms with Gasteiger partial charge in [-0.3, -0.25) is 4.79 Å². The fourth-order valence-electron chi connectivity index (χ4n) is 3.47. The van der Waals surface area contributed by atoms with Gasteiger partial charge in [0.15, 0.2) is 0 Å². The Morgan fingerprint density at radius 3 is 2.13 bits per heavy atom. The third kappa shape index (κ3) is 4.04. The Balaban J connectivity index is 2.65. The molecule has 0 saturated heterocycles. The van der Waals surface area contributed by atoms with Gasteiger partial charge in [0, 0.05) is 17.2 Å². The van der Waals surface area contributed by atoms with Crippen molar-refractivity contribution in [3.63, 3.8) is 0 Å². The van der Waals surface area contributed by atoms with Gasteiger partial charge >= 0.3 is 0 Å². The summed E-state index contributed by atoms with van der Waals surface area (Å²) in [6.07, 6.45) is -1.58. The molecule has 0 aliphatic heterocycles. The Hall–Kier alpha value is -1.44. The number of hydrogen-bond acceptors (Lipinski definition) is 6. The first-order chi connectivity index (χ1) is 13.4. The van der Waals surface area contributed by atoms with Crippen LogP contribution in [0.3, 0.4) is 0 Å². The lowest BCUT2D eigenvalue weighted by Crippen LogP contribution is -2.66. The molecule has 1 heterocycles. The zero-order chi connectivity index (χ0) is 23.4. The van der Waals surface area contributed by atoms with Crippen LogP contribution in [-0.4, -0.2) is 93.0 Å². The number of nitrogens with zero attached hydrogens (tertiary/aromatic N) is 2. The van der Waals surface area contributed by atoms with Crippen molar-refractivity contribution in [3.8, 4) is 0 Å². The molecule has 5 unspecified atom stereocenters. The Kier molecular flexibility index (Phi) is 6.30. The van der Waals surface area contributed by atoms with Crippen LogP contribution < -0.4 is 22.0 Å². The SMILES string of the molecule is [B]c1nc(NC(C)(C)C)nc(NC2([B])C([B])C([B])C([B])(C)C(O)C2([B])[B])c1C(N)=O. The van der Waals surface area contributed by atoms with Crippen LogP contribution in [0.2, 0.25) is 22.2 Å². The van der Waals surface area contributed by atoms with Gasteiger partial charge in [0.1, 0.15) is 21.5 Å². The summed E-state index contributed by atoms with van der Waals surface area (Å²) in [4.78, 5) is 20.3. The van der Waals surface area contributed by atoms with Crippen LogP contribution in [0.1, 0.15) is 38.1 Å². The first kappa shape index (κ1) is 24.8. The number of anilines is 2. The Morgan fingerprint density at radius 2 is 1.67 bits per heavy atom. The maximum absolute atomic E-state index is 12.0. The number of aromatic nitrogens is 2. The minimum atomic E-state index is -2.10. The quantitative estimate of drug-likeness (QED) is 0.441. The minimum Gasteiger partial charge on any atom is -0.394 e. The second-order valence-corrected chi connectivity index (χ2v) is 9.14. The molecule has 0 spiro atoms. The summed E-state index contributed by atoms with van der Waals surface area (Å²) in [5.41, 5.74) is 2.56. The minimum absolute atomic E-state index is 0.0774. The van der Waals surface area contributed by atoms with Gasteiger partial charge in [-0.2, -0.15) is 4.98 Å². The van der Waals surface area contributed by atoms with Crippen LogP contribution in [0, 0.1) is 0 Å². The van der Waals surface area contributed by atoms with E-state index in [1.807, 2.05) is 20.8 Å². The number of aliphatic hydroxyl groups is 1. The molecule has 14 heteroatoms. The van der Waals surface area contributed by atoms with Crippen LogP contribution in [0.5, 0.6) is 0 Å². The largest absolute Gasteiger partial charge is 0.394 e. The Labute approximate surface area is 187 Å². The molecule has 7 nitrogen and oxygen atoms in total. The number of aliphatic hydroxyl groups excluding tert-OH is 1. The van der Waals surface area contributed by atoms with Crippen molar-refractivity contribution in [1.29, 1.82) is 0 Å². The van der Waals surface area contributed by atoms with Crippen LogP contribution in [0.15, 0.2) is 0 Å². The second-order valence-electron chi connectivity index (χ2n) is 9.14. The first-order valence-electron chi connectivity index (χ1n) is 9.24. The molecule has 1 fully saturated rings. The van der Waals surface area contributed by atoms with Crippen molar-refractivity contribution in [1.82, 2.24) is 9.97 Å². The van der Waals surface area contributed by atoms with Crippen molar-refractivity contribution in [2.24, 2.45) is 5.73 Å². The van der Waals surface area contributed by atoms with Gasteiger partial charge < -0.3 is 21.5 Å². The average Bonchev–Trinajstić information content (AvgIpc) is 2.56. The van der Waals surface area contributed by atoms with Crippen LogP contribution in [0.25, 0.3) is 0 Å². The average molecular weight is 390 g/mol. The van der Waals surface area contributed by atoms with Gasteiger partial charge in [0.05, 0.1) is 44.8 Å². The predicted octanol–water partition coefficient (Wildman–Crippen LogP) is -2.05. The summed E-state index contributed by atoms with van der Waals surface area (Å²) >= 11 is 0. The molecule has 0 aromatic carbocycles. The summed E-state index contributed by atoms with van der Waals surface area (Å²) in [5, 5.41) is 12.9. The highest BCUT2D eigenvalue weighted by Gasteiger charge is 2.59. The molecule has 1 aromatic rings. The maximum Gasteiger partial charge on any atom is 0.253 e. The number of carbonyl (C=O) groups is 1. The van der Waals surface area contributed by atoms with E-state index < -0.39 is 45.2 Å². The van der Waals surface area contributed by atoms with E-state index in [2.05, 4.69) is 20.6 Å². The van der Waals surface area contributed by atoms with Crippen molar-refractivity contribution in [3.05, 3.63) is 5.56 Å². The molecule has 14 radical (unpaired) electrons. The molecule has 5 atom stereocenters. The molecule has 142 valence electrons. The van der Waals surface area contributed by atoms with Gasteiger partial charge in [-0.25, -0.2) is 4.98 Å². The van der Waals surface area contributed by atoms with E-state index in [1.54, 1.807) is 0 Å². The molecule has 1 amide bonds. The number of nitrogens with one attached hydrogen (secondary N) is 2. The molecule has 0 bridgehead atoms. The monoisotopic (exact) mass is 391 g/mol. The molecule has 5 N–H and O–H groups in total. The molecule has 1 aromatic heterocycles. The van der Waals surface area contributed by atoms with Crippen molar-refractivity contribution in [2.45, 2.75) is 66.9 Å². The Morgan fingerprint density at radius 1 is 1.13 bits per heavy atom. The van der Waals surface area contributed by atoms with Crippen LogP contribution in [0.4, 0.5) is 11.8 Å². The highest BCUT2D eigenvalue weighted by molar-refractivity contribution is 6.49. The lowest BCUT2D eigenvalue weighted by molar-refractivity contribution is 0.0630. The molecule has 30 heavy (non-hydrogen) atoms. The zero-order valence-electron chi connectivity index (χ0n) is 17.6. The summed E-state index contributed by atoms with van der Waals surface area (Å²) in [6, 6.07) is 0. The normalized spacial score (nSPS) is 33.6. The highest BCUT2D eigenvalue weighted by Crippen LogP contribution is 2.63. The fraction of sp³-hybridized carbons (Fsp3) is 0.688. The highest BCUT2D eigenvalue weighted by atomic mass is 16.3. The van der Waals surface area contributed by atoms with Crippen LogP contribution >= 0.6 is 0 Å². The third-order valence-corrected chi connectivity index (χ3v) is 5.38. The van der Waals surface area contributed by atoms with E-state index in [0.717, 1.165) is 0 Å². The molecular weight excluding hydrogens is 370 g/mol. The second kappa shape index (κ2) is 7.61. The molecule has 1 aliphatic rings. The van der Waals surface area contributed by atoms with Gasteiger partial charge in [0.25, 0.3) is 5.91 Å². The summed E-state index contributed by atoms with van der Waals surface area (Å²) in [5.74, 6) is -3.25. The standard InChI is InChI=1S/C16H20B7N5O2/c1-13(2,3)28-12-25-8(19)5(9(24)29)10(26-12)27-16(23)7(18)6(17)14(4,20)11(30)15(16,21)22/h6-7,11,30H,1-4H3,(H2,24,29)(H2,25,26,27,28). The molecular formula is C16H20B7N5O2. The van der Waals surface area contributed by atoms with Gasteiger partial charge in [-0.15, -0.1) is 0 Å². The summed E-state index contributed by atoms with van der Waals surface area (Å²) in [6.45, 7) is 7.06. The van der Waals surface area contributed by atoms with E-state index in [-0.39, 0.29) is 22.9 Å². The summed E-state index contributed by atoms with van der Waals surface area (Å²) < 4.78 is 0. The van der Waals surface area contributed by atoms with Crippen molar-refractivity contribution >= 4 is 78.2 Å². The maximum atomic E-state index is 12.0. The molecule has 1 saturated carbocycles. The van der Waals surface area contributed by atoms with Crippen molar-refractivity contribution < 1.29 is 9.90 Å². The van der Waals surface area contributed by atoms with E-state index in [1.165, 1.54) is 6.92 Å². The number of amides is 1. The van der Waals surface area contributed by atoms with E-state index in [9.17, 15) is 9.90 Å². The van der Waals surface area contributed by atoms with E-state index >= 15 is 0 Å². The molecule has 1 aliphatic carbocycles. The van der Waals surface area contributed by atoms with E-state index in [4.69, 9.17) is 60.7 Å². The number of hydrogen-bond donors (Lipinski definition) is 4. The Bertz CT molecular complexity index is 848. The van der Waals surface area contributed by atoms with Crippen molar-refractivity contribution in [2.75, 3.05) is 10.6 Å². The predicted molar refractivity (Wildman–Crippen MR) is 125 cm³/mol. The third-order valence-electron chi connectivity index (χ3n) is 5.38.